The molecule has 0 amide bonds. The van der Waals surface area contributed by atoms with Crippen LogP contribution in [0, 0.1) is 12.7 Å². The molecule has 1 rings (SSSR count). The van der Waals surface area contributed by atoms with Gasteiger partial charge in [0, 0.05) is 7.11 Å². The van der Waals surface area contributed by atoms with Crippen LogP contribution in [0.15, 0.2) is 18.2 Å². The fraction of sp³-hybridized carbons (Fsp3) is 0.500. The maximum atomic E-state index is 13.3. The number of aryl methyl sites for hydroxylation is 1. The van der Waals surface area contributed by atoms with Gasteiger partial charge in [0.2, 0.25) is 0 Å². The molecular weight excluding hydrogens is 217 g/mol. The molecule has 16 heavy (non-hydrogen) atoms. The monoisotopic (exact) mass is 234 g/mol. The summed E-state index contributed by atoms with van der Waals surface area (Å²) in [5.41, 5.74) is -0.405. The second kappa shape index (κ2) is 6.53. The molecule has 0 saturated heterocycles. The van der Waals surface area contributed by atoms with Crippen molar-refractivity contribution in [3.05, 3.63) is 35.1 Å². The van der Waals surface area contributed by atoms with Gasteiger partial charge in [-0.05, 0) is 18.6 Å². The van der Waals surface area contributed by atoms with Gasteiger partial charge >= 0.3 is 0 Å². The maximum Gasteiger partial charge on any atom is 0.298 e. The van der Waals surface area contributed by atoms with E-state index in [0.717, 1.165) is 13.2 Å². The fourth-order valence-electron chi connectivity index (χ4n) is 1.19. The van der Waals surface area contributed by atoms with Gasteiger partial charge < -0.3 is 4.74 Å². The highest BCUT2D eigenvalue weighted by Gasteiger charge is 2.34. The number of alkyl halides is 2. The van der Waals surface area contributed by atoms with Crippen LogP contribution in [0.1, 0.15) is 25.0 Å². The summed E-state index contributed by atoms with van der Waals surface area (Å²) < 4.78 is 44.1. The molecule has 0 N–H and O–H groups in total. The molecular formula is C12H17F3O. The van der Waals surface area contributed by atoms with Crippen LogP contribution in [0.2, 0.25) is 0 Å². The number of benzene rings is 1. The average molecular weight is 234 g/mol. The summed E-state index contributed by atoms with van der Waals surface area (Å²) in [6, 6.07) is 3.92. The summed E-state index contributed by atoms with van der Waals surface area (Å²) in [7, 11) is 1.15. The molecule has 0 radical (unpaired) electrons. The molecule has 0 bridgehead atoms. The Kier molecular flexibility index (Phi) is 6.11. The number of methoxy groups -OCH3 is 1. The average Bonchev–Trinajstić information content (AvgIpc) is 2.24. The minimum atomic E-state index is -3.27. The highest BCUT2D eigenvalue weighted by Crippen LogP contribution is 2.31. The van der Waals surface area contributed by atoms with Crippen LogP contribution in [-0.2, 0) is 10.7 Å². The summed E-state index contributed by atoms with van der Waals surface area (Å²) >= 11 is 0. The third kappa shape index (κ3) is 3.52. The lowest BCUT2D eigenvalue weighted by atomic mass is 10.1. The second-order valence-electron chi connectivity index (χ2n) is 3.07. The van der Waals surface area contributed by atoms with Gasteiger partial charge in [-0.2, -0.15) is 8.78 Å². The van der Waals surface area contributed by atoms with Crippen LogP contribution in [-0.4, -0.2) is 13.7 Å². The first-order valence-corrected chi connectivity index (χ1v) is 5.11. The van der Waals surface area contributed by atoms with Crippen molar-refractivity contribution < 1.29 is 17.9 Å². The molecule has 1 nitrogen and oxygen atoms in total. The molecule has 1 aromatic rings. The van der Waals surface area contributed by atoms with Crippen LogP contribution in [0.3, 0.4) is 0 Å². The predicted molar refractivity (Wildman–Crippen MR) is 58.3 cm³/mol. The highest BCUT2D eigenvalue weighted by molar-refractivity contribution is 5.28. The van der Waals surface area contributed by atoms with E-state index in [2.05, 4.69) is 4.74 Å². The molecule has 0 unspecified atom stereocenters. The zero-order valence-electron chi connectivity index (χ0n) is 9.98. The third-order valence-corrected chi connectivity index (χ3v) is 1.91. The normalized spacial score (nSPS) is 10.7. The summed E-state index contributed by atoms with van der Waals surface area (Å²) in [6.07, 6.45) is 0. The molecule has 0 fully saturated rings. The lowest BCUT2D eigenvalue weighted by Gasteiger charge is -2.16. The van der Waals surface area contributed by atoms with E-state index in [1.54, 1.807) is 0 Å². The Morgan fingerprint density at radius 1 is 1.25 bits per heavy atom. The van der Waals surface area contributed by atoms with Gasteiger partial charge in [-0.3, -0.25) is 0 Å². The molecule has 0 spiro atoms. The molecule has 0 aliphatic rings. The fourth-order valence-corrected chi connectivity index (χ4v) is 1.19. The topological polar surface area (TPSA) is 9.23 Å². The summed E-state index contributed by atoms with van der Waals surface area (Å²) in [5, 5.41) is 0. The Morgan fingerprint density at radius 3 is 2.31 bits per heavy atom. The van der Waals surface area contributed by atoms with Gasteiger partial charge in [0.1, 0.15) is 12.4 Å². The van der Waals surface area contributed by atoms with Crippen molar-refractivity contribution in [1.29, 1.82) is 0 Å². The highest BCUT2D eigenvalue weighted by atomic mass is 19.3. The summed E-state index contributed by atoms with van der Waals surface area (Å²) in [5.74, 6) is -4.14. The SMILES string of the molecule is CC.COCC(F)(F)c1cccc(C)c1F. The maximum absolute atomic E-state index is 13.3. The zero-order valence-corrected chi connectivity index (χ0v) is 9.98. The quantitative estimate of drug-likeness (QED) is 0.770. The molecule has 0 aliphatic carbocycles. The molecule has 1 aromatic carbocycles. The molecule has 0 heterocycles. The van der Waals surface area contributed by atoms with E-state index in [1.165, 1.54) is 19.1 Å². The van der Waals surface area contributed by atoms with Crippen LogP contribution >= 0.6 is 0 Å². The van der Waals surface area contributed by atoms with Crippen molar-refractivity contribution in [2.75, 3.05) is 13.7 Å². The number of hydrogen-bond acceptors (Lipinski definition) is 1. The second-order valence-corrected chi connectivity index (χ2v) is 3.07. The first-order chi connectivity index (χ1) is 7.49. The van der Waals surface area contributed by atoms with Gasteiger partial charge in [-0.1, -0.05) is 26.0 Å². The first kappa shape index (κ1) is 15.0. The molecule has 0 aromatic heterocycles. The van der Waals surface area contributed by atoms with Crippen molar-refractivity contribution in [3.8, 4) is 0 Å². The van der Waals surface area contributed by atoms with Crippen molar-refractivity contribution in [1.82, 2.24) is 0 Å². The van der Waals surface area contributed by atoms with Crippen LogP contribution in [0.5, 0.6) is 0 Å². The Hall–Kier alpha value is -1.03. The largest absolute Gasteiger partial charge is 0.378 e. The van der Waals surface area contributed by atoms with E-state index in [0.29, 0.717) is 0 Å². The molecule has 0 atom stereocenters. The van der Waals surface area contributed by atoms with Crippen molar-refractivity contribution in [2.24, 2.45) is 0 Å². The Balaban J connectivity index is 0.00000106. The molecule has 0 saturated carbocycles. The first-order valence-electron chi connectivity index (χ1n) is 5.11. The Bertz CT molecular complexity index is 324. The Morgan fingerprint density at radius 2 is 1.81 bits per heavy atom. The minimum Gasteiger partial charge on any atom is -0.378 e. The van der Waals surface area contributed by atoms with Gasteiger partial charge in [0.05, 0.1) is 5.56 Å². The van der Waals surface area contributed by atoms with Crippen LogP contribution in [0.4, 0.5) is 13.2 Å². The molecule has 92 valence electrons. The molecule has 4 heteroatoms. The van der Waals surface area contributed by atoms with E-state index in [-0.39, 0.29) is 5.56 Å². The number of halogens is 3. The van der Waals surface area contributed by atoms with Crippen molar-refractivity contribution in [2.45, 2.75) is 26.7 Å². The van der Waals surface area contributed by atoms with E-state index in [4.69, 9.17) is 0 Å². The van der Waals surface area contributed by atoms with Crippen molar-refractivity contribution in [3.63, 3.8) is 0 Å². The number of rotatable bonds is 3. The van der Waals surface area contributed by atoms with Crippen molar-refractivity contribution >= 4 is 0 Å². The smallest absolute Gasteiger partial charge is 0.298 e. The standard InChI is InChI=1S/C10H11F3O.C2H6/c1-7-4-3-5-8(9(7)11)10(12,13)6-14-2;1-2/h3-5H,6H2,1-2H3;1-2H3. The van der Waals surface area contributed by atoms with E-state index in [1.807, 2.05) is 13.8 Å². The van der Waals surface area contributed by atoms with E-state index < -0.39 is 23.9 Å². The minimum absolute atomic E-state index is 0.207. The summed E-state index contributed by atoms with van der Waals surface area (Å²) in [6.45, 7) is 4.63. The van der Waals surface area contributed by atoms with Gasteiger partial charge in [0.15, 0.2) is 0 Å². The zero-order chi connectivity index (χ0) is 12.8. The number of hydrogen-bond donors (Lipinski definition) is 0. The summed E-state index contributed by atoms with van der Waals surface area (Å²) in [4.78, 5) is 0. The lowest BCUT2D eigenvalue weighted by molar-refractivity contribution is -0.0722. The van der Waals surface area contributed by atoms with Gasteiger partial charge in [0.25, 0.3) is 5.92 Å². The van der Waals surface area contributed by atoms with E-state index in [9.17, 15) is 13.2 Å². The predicted octanol–water partition coefficient (Wildman–Crippen LogP) is 3.90. The lowest BCUT2D eigenvalue weighted by Crippen LogP contribution is -2.22. The number of ether oxygens (including phenoxy) is 1. The van der Waals surface area contributed by atoms with Crippen LogP contribution < -0.4 is 0 Å². The molecule has 0 aliphatic heterocycles. The van der Waals surface area contributed by atoms with Gasteiger partial charge in [-0.15, -0.1) is 0 Å². The third-order valence-electron chi connectivity index (χ3n) is 1.91. The van der Waals surface area contributed by atoms with E-state index >= 15 is 0 Å². The Labute approximate surface area is 94.2 Å². The van der Waals surface area contributed by atoms with Gasteiger partial charge in [-0.25, -0.2) is 4.39 Å². The van der Waals surface area contributed by atoms with Crippen LogP contribution in [0.25, 0.3) is 0 Å².